The number of halogens is 3. The summed E-state index contributed by atoms with van der Waals surface area (Å²) in [6.45, 7) is 8.65. The Labute approximate surface area is 195 Å². The topological polar surface area (TPSA) is 56.6 Å². The molecular weight excluding hydrogens is 519 g/mol. The lowest BCUT2D eigenvalue weighted by Gasteiger charge is -2.38. The fraction of sp³-hybridized carbons (Fsp3) is 0.545. The Morgan fingerprint density at radius 1 is 1.26 bits per heavy atom. The molecule has 0 aliphatic carbocycles. The van der Waals surface area contributed by atoms with E-state index in [9.17, 15) is 13.6 Å². The number of imidazole rings is 1. The Kier molecular flexibility index (Phi) is 7.12. The molecule has 170 valence electrons. The van der Waals surface area contributed by atoms with Crippen molar-refractivity contribution in [3.63, 3.8) is 0 Å². The largest absolute Gasteiger partial charge is 0.491 e. The predicted octanol–water partition coefficient (Wildman–Crippen LogP) is 5.26. The number of aromatic nitrogens is 2. The quantitative estimate of drug-likeness (QED) is 0.480. The van der Waals surface area contributed by atoms with Crippen molar-refractivity contribution in [2.45, 2.75) is 65.1 Å². The predicted molar refractivity (Wildman–Crippen MR) is 121 cm³/mol. The van der Waals surface area contributed by atoms with Crippen molar-refractivity contribution in [2.75, 3.05) is 13.7 Å². The molecule has 2 aromatic rings. The van der Waals surface area contributed by atoms with Crippen LogP contribution in [0.4, 0.5) is 13.6 Å². The molecule has 0 saturated heterocycles. The molecule has 0 N–H and O–H groups in total. The van der Waals surface area contributed by atoms with E-state index < -0.39 is 29.1 Å². The molecule has 1 atom stereocenters. The maximum atomic E-state index is 14.2. The minimum Gasteiger partial charge on any atom is -0.491 e. The first kappa shape index (κ1) is 23.7. The smallest absolute Gasteiger partial charge is 0.410 e. The summed E-state index contributed by atoms with van der Waals surface area (Å²) in [4.78, 5) is 19.3. The Morgan fingerprint density at radius 3 is 2.45 bits per heavy atom. The third-order valence-electron chi connectivity index (χ3n) is 5.21. The lowest BCUT2D eigenvalue weighted by Crippen LogP contribution is -2.45. The van der Waals surface area contributed by atoms with Crippen molar-refractivity contribution in [3.8, 4) is 5.75 Å². The third-order valence-corrected chi connectivity index (χ3v) is 6.00. The molecule has 0 spiro atoms. The summed E-state index contributed by atoms with van der Waals surface area (Å²) >= 11 is 2.19. The minimum absolute atomic E-state index is 0.309. The van der Waals surface area contributed by atoms with Gasteiger partial charge in [-0.2, -0.15) is 0 Å². The van der Waals surface area contributed by atoms with Gasteiger partial charge in [-0.1, -0.05) is 6.92 Å². The molecule has 31 heavy (non-hydrogen) atoms. The molecule has 2 heterocycles. The first-order valence-electron chi connectivity index (χ1n) is 10.3. The molecule has 0 radical (unpaired) electrons. The number of methoxy groups -OCH3 is 1. The van der Waals surface area contributed by atoms with Crippen molar-refractivity contribution in [2.24, 2.45) is 0 Å². The second-order valence-electron chi connectivity index (χ2n) is 8.53. The molecule has 3 rings (SSSR count). The molecule has 1 aromatic heterocycles. The summed E-state index contributed by atoms with van der Waals surface area (Å²) < 4.78 is 41.7. The van der Waals surface area contributed by atoms with Crippen LogP contribution in [-0.2, 0) is 24.1 Å². The number of ether oxygens (including phenoxy) is 2. The summed E-state index contributed by atoms with van der Waals surface area (Å²) in [7, 11) is 1.23. The van der Waals surface area contributed by atoms with Gasteiger partial charge in [-0.3, -0.25) is 4.90 Å². The van der Waals surface area contributed by atoms with Crippen LogP contribution >= 0.6 is 22.6 Å². The fourth-order valence-corrected chi connectivity index (χ4v) is 4.85. The summed E-state index contributed by atoms with van der Waals surface area (Å²) in [6.07, 6.45) is 1.25. The Balaban J connectivity index is 1.92. The van der Waals surface area contributed by atoms with Gasteiger partial charge in [0.25, 0.3) is 0 Å². The van der Waals surface area contributed by atoms with Crippen molar-refractivity contribution in [3.05, 3.63) is 44.5 Å². The fourth-order valence-electron chi connectivity index (χ4n) is 3.92. The normalized spacial score (nSPS) is 16.3. The van der Waals surface area contributed by atoms with Gasteiger partial charge in [-0.25, -0.2) is 18.6 Å². The molecule has 9 heteroatoms. The van der Waals surface area contributed by atoms with Gasteiger partial charge in [0.05, 0.1) is 18.8 Å². The Hall–Kier alpha value is -1.91. The Morgan fingerprint density at radius 2 is 1.90 bits per heavy atom. The number of fused-ring (bicyclic) bond motifs is 1. The zero-order valence-corrected chi connectivity index (χ0v) is 20.6. The van der Waals surface area contributed by atoms with Crippen LogP contribution in [0.25, 0.3) is 0 Å². The molecule has 1 unspecified atom stereocenters. The highest BCUT2D eigenvalue weighted by Crippen LogP contribution is 2.35. The molecule has 6 nitrogen and oxygen atoms in total. The molecule has 0 fully saturated rings. The van der Waals surface area contributed by atoms with Crippen LogP contribution < -0.4 is 4.74 Å². The van der Waals surface area contributed by atoms with Crippen LogP contribution in [0.2, 0.25) is 0 Å². The molecule has 1 aliphatic rings. The van der Waals surface area contributed by atoms with Crippen molar-refractivity contribution >= 4 is 28.7 Å². The maximum Gasteiger partial charge on any atom is 0.410 e. The summed E-state index contributed by atoms with van der Waals surface area (Å²) in [6, 6.07) is 2.25. The van der Waals surface area contributed by atoms with E-state index in [4.69, 9.17) is 9.47 Å². The van der Waals surface area contributed by atoms with E-state index in [-0.39, 0.29) is 6.04 Å². The van der Waals surface area contributed by atoms with Gasteiger partial charge < -0.3 is 14.0 Å². The average Bonchev–Trinajstić information content (AvgIpc) is 3.00. The van der Waals surface area contributed by atoms with E-state index in [1.165, 1.54) is 19.2 Å². The molecule has 1 aromatic carbocycles. The van der Waals surface area contributed by atoms with E-state index in [0.29, 0.717) is 31.5 Å². The van der Waals surface area contributed by atoms with Gasteiger partial charge in [-0.05, 0) is 73.9 Å². The number of hydrogen-bond acceptors (Lipinski definition) is 4. The number of benzene rings is 1. The summed E-state index contributed by atoms with van der Waals surface area (Å²) in [5, 5.41) is 0. The number of carbonyl (C=O) groups excluding carboxylic acids is 1. The number of aryl methyl sites for hydroxylation is 2. The number of nitrogens with zero attached hydrogens (tertiary/aromatic N) is 3. The average molecular weight is 547 g/mol. The highest BCUT2D eigenvalue weighted by molar-refractivity contribution is 14.1. The molecule has 1 amide bonds. The molecule has 0 saturated carbocycles. The second-order valence-corrected chi connectivity index (χ2v) is 9.55. The van der Waals surface area contributed by atoms with Crippen LogP contribution in [0.1, 0.15) is 57.2 Å². The number of rotatable bonds is 5. The minimum atomic E-state index is -0.738. The van der Waals surface area contributed by atoms with Crippen LogP contribution in [0.3, 0.4) is 0 Å². The van der Waals surface area contributed by atoms with E-state index >= 15 is 0 Å². The zero-order chi connectivity index (χ0) is 22.9. The number of amides is 1. The van der Waals surface area contributed by atoms with Crippen molar-refractivity contribution < 1.29 is 23.0 Å². The van der Waals surface area contributed by atoms with E-state index in [2.05, 4.69) is 32.1 Å². The van der Waals surface area contributed by atoms with Crippen molar-refractivity contribution in [1.82, 2.24) is 14.5 Å². The van der Waals surface area contributed by atoms with Crippen LogP contribution in [0, 0.1) is 15.3 Å². The van der Waals surface area contributed by atoms with E-state index in [0.717, 1.165) is 21.6 Å². The van der Waals surface area contributed by atoms with Crippen LogP contribution in [0.5, 0.6) is 5.75 Å². The van der Waals surface area contributed by atoms with Gasteiger partial charge in [0.1, 0.15) is 15.1 Å². The first-order chi connectivity index (χ1) is 14.6. The lowest BCUT2D eigenvalue weighted by molar-refractivity contribution is 0.00934. The highest BCUT2D eigenvalue weighted by Gasteiger charge is 2.36. The second kappa shape index (κ2) is 9.30. The van der Waals surface area contributed by atoms with Crippen LogP contribution in [0.15, 0.2) is 12.1 Å². The maximum absolute atomic E-state index is 14.2. The third kappa shape index (κ3) is 5.12. The SMILES string of the molecule is CCc1nc(I)c2n1CCN(C(=O)OC(C)(C)C)C2CCc1cc(F)c(OC)c(F)c1. The standard InChI is InChI=1S/C22H28F2IN3O3/c1-6-17-26-20(25)18-16(8-7-13-11-14(23)19(30-5)15(24)12-13)27(9-10-28(17)18)21(29)31-22(2,3)4/h11-12,16H,6-10H2,1-5H3. The summed E-state index contributed by atoms with van der Waals surface area (Å²) in [5.41, 5.74) is 0.829. The monoisotopic (exact) mass is 547 g/mol. The van der Waals surface area contributed by atoms with Crippen LogP contribution in [-0.4, -0.2) is 39.8 Å². The molecular formula is C22H28F2IN3O3. The number of hydrogen-bond donors (Lipinski definition) is 0. The lowest BCUT2D eigenvalue weighted by atomic mass is 10.00. The molecule has 1 aliphatic heterocycles. The highest BCUT2D eigenvalue weighted by atomic mass is 127. The van der Waals surface area contributed by atoms with Gasteiger partial charge >= 0.3 is 6.09 Å². The van der Waals surface area contributed by atoms with E-state index in [1.807, 2.05) is 27.7 Å². The first-order valence-corrected chi connectivity index (χ1v) is 11.4. The van der Waals surface area contributed by atoms with Gasteiger partial charge in [-0.15, -0.1) is 0 Å². The van der Waals surface area contributed by atoms with Crippen molar-refractivity contribution in [1.29, 1.82) is 0 Å². The Bertz CT molecular complexity index is 949. The number of carbonyl (C=O) groups is 1. The summed E-state index contributed by atoms with van der Waals surface area (Å²) in [5.74, 6) is -0.900. The zero-order valence-electron chi connectivity index (χ0n) is 18.5. The van der Waals surface area contributed by atoms with E-state index in [1.54, 1.807) is 4.90 Å². The van der Waals surface area contributed by atoms with Gasteiger partial charge in [0.2, 0.25) is 0 Å². The van der Waals surface area contributed by atoms with Gasteiger partial charge in [0, 0.05) is 19.5 Å². The van der Waals surface area contributed by atoms with Gasteiger partial charge in [0.15, 0.2) is 17.4 Å². The molecule has 0 bridgehead atoms.